The van der Waals surface area contributed by atoms with Crippen LogP contribution in [-0.4, -0.2) is 40.0 Å². The summed E-state index contributed by atoms with van der Waals surface area (Å²) in [5.74, 6) is -0.282. The standard InChI is InChI=1S/C18H17F3N4O2S2/c19-18(20,21)25(27)29-23-9-8-22-16(26)11-17-24-14-7-6-13(10-15(14)28-17)12-4-2-1-3-5-12/h1-7,10,23,27H,8-9,11H2,(H,22,26). The summed E-state index contributed by atoms with van der Waals surface area (Å²) < 4.78 is 38.7. The molecular weight excluding hydrogens is 425 g/mol. The summed E-state index contributed by atoms with van der Waals surface area (Å²) in [6.07, 6.45) is -4.77. The van der Waals surface area contributed by atoms with Gasteiger partial charge in [-0.3, -0.25) is 10.0 Å². The number of fused-ring (bicyclic) bond motifs is 1. The van der Waals surface area contributed by atoms with Gasteiger partial charge in [0.15, 0.2) is 0 Å². The number of rotatable bonds is 8. The molecule has 0 spiro atoms. The average Bonchev–Trinajstić information content (AvgIpc) is 3.08. The smallest absolute Gasteiger partial charge is 0.354 e. The molecule has 0 aliphatic heterocycles. The van der Waals surface area contributed by atoms with Gasteiger partial charge in [0.2, 0.25) is 5.91 Å². The molecule has 29 heavy (non-hydrogen) atoms. The molecular formula is C18H17F3N4O2S2. The number of thiazole rings is 1. The highest BCUT2D eigenvalue weighted by atomic mass is 32.2. The molecule has 11 heteroatoms. The van der Waals surface area contributed by atoms with Gasteiger partial charge < -0.3 is 5.32 Å². The molecule has 0 fully saturated rings. The second-order valence-electron chi connectivity index (χ2n) is 5.91. The number of halogens is 3. The first-order valence-corrected chi connectivity index (χ1v) is 10.1. The molecule has 0 aliphatic carbocycles. The third kappa shape index (κ3) is 6.15. The summed E-state index contributed by atoms with van der Waals surface area (Å²) in [6, 6.07) is 15.9. The molecule has 0 unspecified atom stereocenters. The minimum atomic E-state index is -4.85. The lowest BCUT2D eigenvalue weighted by molar-refractivity contribution is -0.298. The number of benzene rings is 2. The van der Waals surface area contributed by atoms with E-state index in [1.165, 1.54) is 11.3 Å². The summed E-state index contributed by atoms with van der Waals surface area (Å²) in [7, 11) is 0. The Morgan fingerprint density at radius 1 is 1.14 bits per heavy atom. The molecule has 0 aliphatic rings. The fourth-order valence-electron chi connectivity index (χ4n) is 2.47. The summed E-state index contributed by atoms with van der Waals surface area (Å²) in [6.45, 7) is 0.157. The van der Waals surface area contributed by atoms with E-state index in [1.807, 2.05) is 48.5 Å². The molecule has 0 saturated carbocycles. The van der Waals surface area contributed by atoms with Crippen LogP contribution in [0.15, 0.2) is 48.5 Å². The van der Waals surface area contributed by atoms with Crippen molar-refractivity contribution in [3.05, 3.63) is 53.5 Å². The largest absolute Gasteiger partial charge is 0.494 e. The average molecular weight is 442 g/mol. The Morgan fingerprint density at radius 3 is 2.62 bits per heavy atom. The molecule has 154 valence electrons. The van der Waals surface area contributed by atoms with Gasteiger partial charge in [-0.05, 0) is 27.7 Å². The summed E-state index contributed by atoms with van der Waals surface area (Å²) in [5.41, 5.74) is 2.98. The van der Waals surface area contributed by atoms with Gasteiger partial charge in [0.05, 0.1) is 16.6 Å². The van der Waals surface area contributed by atoms with Crippen molar-refractivity contribution in [2.45, 2.75) is 12.7 Å². The predicted octanol–water partition coefficient (Wildman–Crippen LogP) is 3.99. The van der Waals surface area contributed by atoms with E-state index in [9.17, 15) is 18.0 Å². The maximum Gasteiger partial charge on any atom is 0.494 e. The molecule has 3 aromatic rings. The van der Waals surface area contributed by atoms with Crippen molar-refractivity contribution in [1.29, 1.82) is 0 Å². The van der Waals surface area contributed by atoms with Gasteiger partial charge in [0.25, 0.3) is 0 Å². The second kappa shape index (κ2) is 9.55. The van der Waals surface area contributed by atoms with E-state index in [0.717, 1.165) is 21.3 Å². The number of carbonyl (C=O) groups excluding carboxylic acids is 1. The van der Waals surface area contributed by atoms with Crippen LogP contribution in [0.3, 0.4) is 0 Å². The zero-order valence-corrected chi connectivity index (χ0v) is 16.6. The van der Waals surface area contributed by atoms with E-state index in [1.54, 1.807) is 0 Å². The molecule has 3 N–H and O–H groups in total. The zero-order valence-electron chi connectivity index (χ0n) is 14.9. The highest BCUT2D eigenvalue weighted by molar-refractivity contribution is 7.94. The van der Waals surface area contributed by atoms with Crippen LogP contribution in [0.1, 0.15) is 5.01 Å². The van der Waals surface area contributed by atoms with E-state index in [4.69, 9.17) is 5.21 Å². The Morgan fingerprint density at radius 2 is 1.90 bits per heavy atom. The minimum Gasteiger partial charge on any atom is -0.354 e. The number of hydrogen-bond donors (Lipinski definition) is 3. The maximum atomic E-state index is 12.1. The van der Waals surface area contributed by atoms with Crippen LogP contribution in [0.4, 0.5) is 13.2 Å². The summed E-state index contributed by atoms with van der Waals surface area (Å²) >= 11 is 1.42. The molecule has 3 rings (SSSR count). The molecule has 1 heterocycles. The predicted molar refractivity (Wildman–Crippen MR) is 107 cm³/mol. The lowest BCUT2D eigenvalue weighted by Crippen LogP contribution is -2.35. The van der Waals surface area contributed by atoms with Gasteiger partial charge in [0.1, 0.15) is 5.01 Å². The Bertz CT molecular complexity index is 967. The molecule has 1 amide bonds. The Balaban J connectivity index is 1.49. The highest BCUT2D eigenvalue weighted by Crippen LogP contribution is 2.28. The first-order chi connectivity index (χ1) is 13.8. The summed E-state index contributed by atoms with van der Waals surface area (Å²) in [5, 5.41) is 11.9. The van der Waals surface area contributed by atoms with Crippen molar-refractivity contribution in [3.63, 3.8) is 0 Å². The van der Waals surface area contributed by atoms with Crippen LogP contribution in [0.5, 0.6) is 0 Å². The topological polar surface area (TPSA) is 77.5 Å². The number of nitrogens with one attached hydrogen (secondary N) is 2. The van der Waals surface area contributed by atoms with Crippen LogP contribution < -0.4 is 10.0 Å². The number of hydrogen-bond acceptors (Lipinski definition) is 7. The van der Waals surface area contributed by atoms with E-state index >= 15 is 0 Å². The van der Waals surface area contributed by atoms with Crippen molar-refractivity contribution in [1.82, 2.24) is 19.5 Å². The Labute approximate surface area is 173 Å². The van der Waals surface area contributed by atoms with Gasteiger partial charge in [-0.1, -0.05) is 36.4 Å². The van der Waals surface area contributed by atoms with Crippen LogP contribution in [0.25, 0.3) is 21.3 Å². The van der Waals surface area contributed by atoms with E-state index in [2.05, 4.69) is 15.0 Å². The fourth-order valence-corrected chi connectivity index (χ4v) is 3.89. The van der Waals surface area contributed by atoms with Crippen LogP contribution in [-0.2, 0) is 11.2 Å². The number of nitrogens with zero attached hydrogens (tertiary/aromatic N) is 2. The van der Waals surface area contributed by atoms with Crippen molar-refractivity contribution in [2.24, 2.45) is 0 Å². The normalized spacial score (nSPS) is 11.9. The number of amides is 1. The Hall–Kier alpha value is -2.18. The number of carbonyl (C=O) groups is 1. The molecule has 2 aromatic carbocycles. The molecule has 0 radical (unpaired) electrons. The third-order valence-electron chi connectivity index (χ3n) is 3.77. The Kier molecular flexibility index (Phi) is 7.09. The first-order valence-electron chi connectivity index (χ1n) is 8.50. The van der Waals surface area contributed by atoms with Crippen molar-refractivity contribution >= 4 is 39.6 Å². The van der Waals surface area contributed by atoms with E-state index in [0.29, 0.717) is 5.01 Å². The number of hydroxylamine groups is 1. The van der Waals surface area contributed by atoms with Crippen molar-refractivity contribution in [3.8, 4) is 11.1 Å². The molecule has 6 nitrogen and oxygen atoms in total. The van der Waals surface area contributed by atoms with E-state index in [-0.39, 0.29) is 37.6 Å². The summed E-state index contributed by atoms with van der Waals surface area (Å²) in [4.78, 5) is 16.5. The number of aromatic nitrogens is 1. The molecule has 1 aromatic heterocycles. The van der Waals surface area contributed by atoms with E-state index < -0.39 is 10.8 Å². The van der Waals surface area contributed by atoms with Crippen LogP contribution in [0, 0.1) is 0 Å². The third-order valence-corrected chi connectivity index (χ3v) is 5.50. The lowest BCUT2D eigenvalue weighted by atomic mass is 10.1. The maximum absolute atomic E-state index is 12.1. The van der Waals surface area contributed by atoms with Gasteiger partial charge in [-0.25, -0.2) is 9.71 Å². The van der Waals surface area contributed by atoms with Gasteiger partial charge >= 0.3 is 6.30 Å². The molecule has 0 saturated heterocycles. The fraction of sp³-hybridized carbons (Fsp3) is 0.222. The second-order valence-corrected chi connectivity index (χ2v) is 7.84. The quantitative estimate of drug-likeness (QED) is 0.212. The SMILES string of the molecule is O=C(Cc1nc2ccc(-c3ccccc3)cc2s1)NCCNSN(O)C(F)(F)F. The lowest BCUT2D eigenvalue weighted by Gasteiger charge is -2.16. The van der Waals surface area contributed by atoms with Crippen molar-refractivity contribution < 1.29 is 23.2 Å². The molecule has 0 bridgehead atoms. The van der Waals surface area contributed by atoms with Crippen LogP contribution in [0.2, 0.25) is 0 Å². The van der Waals surface area contributed by atoms with Gasteiger partial charge in [0, 0.05) is 25.2 Å². The minimum absolute atomic E-state index is 0.00627. The number of alkyl halides is 3. The van der Waals surface area contributed by atoms with Gasteiger partial charge in [-0.15, -0.1) is 11.3 Å². The zero-order chi connectivity index (χ0) is 20.9. The highest BCUT2D eigenvalue weighted by Gasteiger charge is 2.37. The molecule has 0 atom stereocenters. The van der Waals surface area contributed by atoms with Gasteiger partial charge in [-0.2, -0.15) is 13.2 Å². The first kappa shape index (κ1) is 21.5. The monoisotopic (exact) mass is 442 g/mol. The van der Waals surface area contributed by atoms with Crippen LogP contribution >= 0.6 is 23.5 Å². The van der Waals surface area contributed by atoms with Crippen molar-refractivity contribution in [2.75, 3.05) is 13.1 Å².